The first kappa shape index (κ1) is 22.1. The van der Waals surface area contributed by atoms with Gasteiger partial charge in [0.15, 0.2) is 0 Å². The number of ketones is 1. The Morgan fingerprint density at radius 3 is 2.00 bits per heavy atom. The molecule has 0 saturated heterocycles. The zero-order valence-corrected chi connectivity index (χ0v) is 15.1. The van der Waals surface area contributed by atoms with E-state index < -0.39 is 0 Å². The summed E-state index contributed by atoms with van der Waals surface area (Å²) in [5.41, 5.74) is 1.91. The van der Waals surface area contributed by atoms with E-state index in [0.717, 1.165) is 19.3 Å². The van der Waals surface area contributed by atoms with Crippen LogP contribution in [-0.2, 0) is 4.79 Å². The Bertz CT molecular complexity index is 311. The highest BCUT2D eigenvalue weighted by Gasteiger charge is 1.99. The molecule has 2 N–H and O–H groups in total. The molecular weight excluding hydrogens is 286 g/mol. The number of nitrogens with one attached hydrogen (secondary N) is 1. The number of hydroxylamine groups is 1. The van der Waals surface area contributed by atoms with E-state index in [9.17, 15) is 4.79 Å². The molecule has 0 spiro atoms. The molecule has 0 bridgehead atoms. The Hall–Kier alpha value is -0.930. The maximum Gasteiger partial charge on any atom is 0.148 e. The third-order valence-electron chi connectivity index (χ3n) is 3.93. The van der Waals surface area contributed by atoms with Crippen molar-refractivity contribution in [1.29, 1.82) is 0 Å². The minimum absolute atomic E-state index is 0.0836. The first-order valence-electron chi connectivity index (χ1n) is 9.50. The van der Waals surface area contributed by atoms with E-state index in [0.29, 0.717) is 6.42 Å². The largest absolute Gasteiger partial charge is 0.316 e. The normalized spacial score (nSPS) is 11.7. The quantitative estimate of drug-likeness (QED) is 0.204. The van der Waals surface area contributed by atoms with Crippen LogP contribution in [0.25, 0.3) is 0 Å². The summed E-state index contributed by atoms with van der Waals surface area (Å²) in [4.78, 5) is 11.2. The van der Waals surface area contributed by atoms with Gasteiger partial charge >= 0.3 is 0 Å². The van der Waals surface area contributed by atoms with Crippen LogP contribution in [0.4, 0.5) is 0 Å². The van der Waals surface area contributed by atoms with Crippen LogP contribution in [0.5, 0.6) is 0 Å². The third-order valence-corrected chi connectivity index (χ3v) is 3.93. The number of allylic oxidation sites excluding steroid dienone is 4. The topological polar surface area (TPSA) is 49.3 Å². The summed E-state index contributed by atoms with van der Waals surface area (Å²) < 4.78 is 0. The molecule has 0 unspecified atom stereocenters. The second-order valence-electron chi connectivity index (χ2n) is 6.21. The summed E-state index contributed by atoms with van der Waals surface area (Å²) in [5.74, 6) is 0.0945. The summed E-state index contributed by atoms with van der Waals surface area (Å²) >= 11 is 0. The van der Waals surface area contributed by atoms with Crippen LogP contribution in [0.15, 0.2) is 24.3 Å². The summed E-state index contributed by atoms with van der Waals surface area (Å²) in [6.07, 6.45) is 24.3. The Morgan fingerprint density at radius 2 is 1.39 bits per heavy atom. The maximum atomic E-state index is 11.2. The highest BCUT2D eigenvalue weighted by Crippen LogP contribution is 2.09. The predicted molar refractivity (Wildman–Crippen MR) is 98.8 cm³/mol. The molecule has 3 heteroatoms. The molecule has 0 atom stereocenters. The van der Waals surface area contributed by atoms with Crippen molar-refractivity contribution >= 4 is 5.78 Å². The summed E-state index contributed by atoms with van der Waals surface area (Å²) in [7, 11) is 0. The third kappa shape index (κ3) is 19.0. The van der Waals surface area contributed by atoms with E-state index in [2.05, 4.69) is 31.2 Å². The van der Waals surface area contributed by atoms with Gasteiger partial charge < -0.3 is 5.21 Å². The number of hydrogen-bond donors (Lipinski definition) is 2. The molecule has 0 aliphatic rings. The molecule has 0 aromatic heterocycles. The monoisotopic (exact) mass is 323 g/mol. The van der Waals surface area contributed by atoms with Crippen LogP contribution >= 0.6 is 0 Å². The Balaban J connectivity index is 3.20. The lowest BCUT2D eigenvalue weighted by molar-refractivity contribution is -0.119. The van der Waals surface area contributed by atoms with Crippen molar-refractivity contribution in [2.45, 2.75) is 90.4 Å². The molecule has 0 radical (unpaired) electrons. The zero-order valence-electron chi connectivity index (χ0n) is 15.1. The van der Waals surface area contributed by atoms with Crippen molar-refractivity contribution in [1.82, 2.24) is 5.48 Å². The number of rotatable bonds is 17. The summed E-state index contributed by atoms with van der Waals surface area (Å²) in [6, 6.07) is 0. The van der Waals surface area contributed by atoms with Gasteiger partial charge in [0, 0.05) is 6.42 Å². The highest BCUT2D eigenvalue weighted by atomic mass is 16.5. The van der Waals surface area contributed by atoms with Crippen LogP contribution in [-0.4, -0.2) is 17.5 Å². The molecule has 0 aromatic carbocycles. The Morgan fingerprint density at radius 1 is 0.826 bits per heavy atom. The zero-order chi connectivity index (χ0) is 17.0. The lowest BCUT2D eigenvalue weighted by Crippen LogP contribution is -2.18. The van der Waals surface area contributed by atoms with E-state index in [1.807, 2.05) is 5.48 Å². The lowest BCUT2D eigenvalue weighted by atomic mass is 10.1. The van der Waals surface area contributed by atoms with Crippen molar-refractivity contribution in [3.63, 3.8) is 0 Å². The molecule has 0 amide bonds. The fourth-order valence-electron chi connectivity index (χ4n) is 2.49. The van der Waals surface area contributed by atoms with Crippen molar-refractivity contribution in [2.75, 3.05) is 6.54 Å². The average molecular weight is 324 g/mol. The molecule has 0 rings (SSSR count). The molecule has 0 heterocycles. The van der Waals surface area contributed by atoms with Crippen LogP contribution in [0, 0.1) is 0 Å². The molecule has 3 nitrogen and oxygen atoms in total. The fourth-order valence-corrected chi connectivity index (χ4v) is 2.49. The van der Waals surface area contributed by atoms with Crippen LogP contribution in [0.2, 0.25) is 0 Å². The number of unbranched alkanes of at least 4 members (excludes halogenated alkanes) is 9. The summed E-state index contributed by atoms with van der Waals surface area (Å²) in [5, 5.41) is 8.39. The van der Waals surface area contributed by atoms with Gasteiger partial charge in [-0.1, -0.05) is 69.8 Å². The van der Waals surface area contributed by atoms with E-state index in [1.165, 1.54) is 57.8 Å². The van der Waals surface area contributed by atoms with Crippen LogP contribution in [0.1, 0.15) is 90.4 Å². The number of Topliss-reactive ketones (excluding diaryl/α,β-unsaturated/α-hetero) is 1. The molecule has 0 aliphatic heterocycles. The number of carbonyl (C=O) groups excluding carboxylic acids is 1. The van der Waals surface area contributed by atoms with Crippen molar-refractivity contribution < 1.29 is 10.0 Å². The van der Waals surface area contributed by atoms with Crippen LogP contribution < -0.4 is 5.48 Å². The molecule has 0 aliphatic carbocycles. The van der Waals surface area contributed by atoms with Gasteiger partial charge in [0.1, 0.15) is 5.78 Å². The van der Waals surface area contributed by atoms with Gasteiger partial charge in [-0.2, -0.15) is 5.48 Å². The fraction of sp³-hybridized carbons (Fsp3) is 0.750. The van der Waals surface area contributed by atoms with E-state index in [1.54, 1.807) is 0 Å². The predicted octanol–water partition coefficient (Wildman–Crippen LogP) is 5.74. The summed E-state index contributed by atoms with van der Waals surface area (Å²) in [6.45, 7) is 2.32. The second kappa shape index (κ2) is 19.1. The standard InChI is InChI=1S/C20H37NO2/c1-2-3-4-5-6-7-8-9-10-11-12-13-14-15-16-17-18-20(22)19-21-23/h6-7,9-10,21,23H,2-5,8,11-19H2,1H3/b7-6-,10-9-. The van der Waals surface area contributed by atoms with Gasteiger partial charge in [0.05, 0.1) is 6.54 Å². The lowest BCUT2D eigenvalue weighted by Gasteiger charge is -2.01. The van der Waals surface area contributed by atoms with Gasteiger partial charge in [0.2, 0.25) is 0 Å². The Kier molecular flexibility index (Phi) is 18.3. The molecule has 0 saturated carbocycles. The SMILES string of the molecule is CCCCC/C=C\C/C=C\CCCCCCCCC(=O)CNO. The number of carbonyl (C=O) groups is 1. The number of hydrogen-bond acceptors (Lipinski definition) is 3. The molecular formula is C20H37NO2. The van der Waals surface area contributed by atoms with E-state index in [4.69, 9.17) is 5.21 Å². The van der Waals surface area contributed by atoms with Crippen molar-refractivity contribution in [3.05, 3.63) is 24.3 Å². The average Bonchev–Trinajstić information content (AvgIpc) is 2.54. The first-order valence-corrected chi connectivity index (χ1v) is 9.50. The van der Waals surface area contributed by atoms with Gasteiger partial charge in [-0.25, -0.2) is 0 Å². The van der Waals surface area contributed by atoms with E-state index >= 15 is 0 Å². The minimum Gasteiger partial charge on any atom is -0.316 e. The molecule has 0 aromatic rings. The highest BCUT2D eigenvalue weighted by molar-refractivity contribution is 5.80. The van der Waals surface area contributed by atoms with Crippen molar-refractivity contribution in [3.8, 4) is 0 Å². The van der Waals surface area contributed by atoms with Gasteiger partial charge in [0.25, 0.3) is 0 Å². The Labute approximate surface area is 143 Å². The van der Waals surface area contributed by atoms with Gasteiger partial charge in [-0.05, 0) is 38.5 Å². The molecule has 23 heavy (non-hydrogen) atoms. The minimum atomic E-state index is 0.0836. The van der Waals surface area contributed by atoms with Gasteiger partial charge in [-0.15, -0.1) is 0 Å². The van der Waals surface area contributed by atoms with Crippen LogP contribution in [0.3, 0.4) is 0 Å². The second-order valence-corrected chi connectivity index (χ2v) is 6.21. The molecule has 0 fully saturated rings. The van der Waals surface area contributed by atoms with E-state index in [-0.39, 0.29) is 12.3 Å². The maximum absolute atomic E-state index is 11.2. The molecule has 134 valence electrons. The smallest absolute Gasteiger partial charge is 0.148 e. The van der Waals surface area contributed by atoms with Crippen molar-refractivity contribution in [2.24, 2.45) is 0 Å². The van der Waals surface area contributed by atoms with Gasteiger partial charge in [-0.3, -0.25) is 4.79 Å². The first-order chi connectivity index (χ1) is 11.3.